The Labute approximate surface area is 196 Å². The van der Waals surface area contributed by atoms with E-state index in [1.165, 1.54) is 11.3 Å². The lowest BCUT2D eigenvalue weighted by Gasteiger charge is -2.43. The highest BCUT2D eigenvalue weighted by Crippen LogP contribution is 2.50. The second-order valence-corrected chi connectivity index (χ2v) is 10.2. The van der Waals surface area contributed by atoms with Crippen LogP contribution in [0.25, 0.3) is 15.9 Å². The second kappa shape index (κ2) is 7.75. The van der Waals surface area contributed by atoms with E-state index in [0.29, 0.717) is 11.3 Å². The summed E-state index contributed by atoms with van der Waals surface area (Å²) in [6.07, 6.45) is 4.17. The SMILES string of the molecule is CC(=O)c1sc2nc(C)c3c(c2c1-n1cccc1)CC(C)(O)C(C(C)=O)C3c1ccccc1. The zero-order valence-electron chi connectivity index (χ0n) is 19.1. The van der Waals surface area contributed by atoms with Gasteiger partial charge in [0.25, 0.3) is 0 Å². The molecule has 1 aliphatic carbocycles. The minimum Gasteiger partial charge on any atom is -0.389 e. The number of hydrogen-bond donors (Lipinski definition) is 1. The number of hydrogen-bond acceptors (Lipinski definition) is 5. The number of Topliss-reactive ketones (excluding diaryl/α,β-unsaturated/α-hetero) is 2. The predicted octanol–water partition coefficient (Wildman–Crippen LogP) is 5.24. The van der Waals surface area contributed by atoms with E-state index in [2.05, 4.69) is 0 Å². The molecule has 4 aromatic rings. The highest BCUT2D eigenvalue weighted by Gasteiger charge is 2.48. The quantitative estimate of drug-likeness (QED) is 0.425. The van der Waals surface area contributed by atoms with Crippen LogP contribution < -0.4 is 0 Å². The first-order chi connectivity index (χ1) is 15.7. The number of ketones is 2. The third kappa shape index (κ3) is 3.36. The Morgan fingerprint density at radius 2 is 1.79 bits per heavy atom. The molecule has 1 N–H and O–H groups in total. The summed E-state index contributed by atoms with van der Waals surface area (Å²) < 4.78 is 1.95. The van der Waals surface area contributed by atoms with Crippen molar-refractivity contribution in [1.29, 1.82) is 0 Å². The van der Waals surface area contributed by atoms with Crippen LogP contribution in [0, 0.1) is 12.8 Å². The average Bonchev–Trinajstić information content (AvgIpc) is 3.40. The van der Waals surface area contributed by atoms with Crippen molar-refractivity contribution in [1.82, 2.24) is 9.55 Å². The number of aliphatic hydroxyl groups is 1. The molecule has 1 aromatic carbocycles. The van der Waals surface area contributed by atoms with E-state index in [9.17, 15) is 14.7 Å². The molecular weight excluding hydrogens is 432 g/mol. The molecule has 3 heterocycles. The first-order valence-electron chi connectivity index (χ1n) is 11.1. The molecule has 0 amide bonds. The number of carbonyl (C=O) groups excluding carboxylic acids is 2. The largest absolute Gasteiger partial charge is 0.389 e. The molecule has 3 unspecified atom stereocenters. The van der Waals surface area contributed by atoms with Crippen molar-refractivity contribution in [2.24, 2.45) is 5.92 Å². The van der Waals surface area contributed by atoms with Crippen LogP contribution >= 0.6 is 11.3 Å². The Morgan fingerprint density at radius 3 is 2.39 bits per heavy atom. The molecule has 5 nitrogen and oxygen atoms in total. The summed E-state index contributed by atoms with van der Waals surface area (Å²) in [5, 5.41) is 12.6. The van der Waals surface area contributed by atoms with Crippen LogP contribution in [-0.4, -0.2) is 31.8 Å². The number of aryl methyl sites for hydroxylation is 1. The van der Waals surface area contributed by atoms with Gasteiger partial charge in [0.1, 0.15) is 10.6 Å². The van der Waals surface area contributed by atoms with Crippen molar-refractivity contribution < 1.29 is 14.7 Å². The maximum absolute atomic E-state index is 12.9. The average molecular weight is 459 g/mol. The fourth-order valence-electron chi connectivity index (χ4n) is 5.58. The third-order valence-electron chi connectivity index (χ3n) is 6.78. The van der Waals surface area contributed by atoms with Gasteiger partial charge in [-0.3, -0.25) is 9.59 Å². The Morgan fingerprint density at radius 1 is 1.12 bits per heavy atom. The molecule has 0 aliphatic heterocycles. The predicted molar refractivity (Wildman–Crippen MR) is 130 cm³/mol. The summed E-state index contributed by atoms with van der Waals surface area (Å²) in [5.74, 6) is -0.972. The maximum Gasteiger partial charge on any atom is 0.171 e. The van der Waals surface area contributed by atoms with Gasteiger partial charge in [0.05, 0.1) is 22.1 Å². The van der Waals surface area contributed by atoms with Gasteiger partial charge in [0.15, 0.2) is 5.78 Å². The Balaban J connectivity index is 1.92. The van der Waals surface area contributed by atoms with Crippen molar-refractivity contribution in [2.75, 3.05) is 0 Å². The van der Waals surface area contributed by atoms with Gasteiger partial charge < -0.3 is 9.67 Å². The highest BCUT2D eigenvalue weighted by atomic mass is 32.1. The first kappa shape index (κ1) is 21.7. The molecule has 5 rings (SSSR count). The number of aromatic nitrogens is 2. The number of fused-ring (bicyclic) bond motifs is 3. The van der Waals surface area contributed by atoms with E-state index in [-0.39, 0.29) is 17.5 Å². The van der Waals surface area contributed by atoms with Crippen LogP contribution in [0.3, 0.4) is 0 Å². The van der Waals surface area contributed by atoms with Crippen LogP contribution in [0.2, 0.25) is 0 Å². The molecule has 1 aliphatic rings. The molecule has 0 bridgehead atoms. The smallest absolute Gasteiger partial charge is 0.171 e. The molecule has 3 aromatic heterocycles. The van der Waals surface area contributed by atoms with Gasteiger partial charge >= 0.3 is 0 Å². The Hall–Kier alpha value is -3.09. The second-order valence-electron chi connectivity index (χ2n) is 9.21. The van der Waals surface area contributed by atoms with Crippen molar-refractivity contribution in [2.45, 2.75) is 45.6 Å². The normalized spacial score (nSPS) is 22.3. The van der Waals surface area contributed by atoms with Crippen LogP contribution in [0.5, 0.6) is 0 Å². The standard InChI is InChI=1S/C27H26N2O3S/c1-15-20-19(14-27(4,32)23(16(2)30)21(20)18-10-6-5-7-11-18)22-24(29-12-8-9-13-29)25(17(3)31)33-26(22)28-15/h5-13,21,23,32H,14H2,1-4H3. The van der Waals surface area contributed by atoms with Gasteiger partial charge in [0, 0.05) is 42.7 Å². The summed E-state index contributed by atoms with van der Waals surface area (Å²) in [6.45, 7) is 6.86. The lowest BCUT2D eigenvalue weighted by molar-refractivity contribution is -0.130. The number of nitrogens with zero attached hydrogens (tertiary/aromatic N) is 2. The summed E-state index contributed by atoms with van der Waals surface area (Å²) in [5.41, 5.74) is 3.34. The minimum atomic E-state index is -1.24. The van der Waals surface area contributed by atoms with Crippen LogP contribution in [-0.2, 0) is 11.2 Å². The zero-order chi connectivity index (χ0) is 23.5. The molecular formula is C27H26N2O3S. The first-order valence-corrected chi connectivity index (χ1v) is 11.9. The Bertz CT molecular complexity index is 1380. The lowest BCUT2D eigenvalue weighted by atomic mass is 9.62. The molecule has 0 fully saturated rings. The molecule has 3 atom stereocenters. The lowest BCUT2D eigenvalue weighted by Crippen LogP contribution is -2.48. The van der Waals surface area contributed by atoms with E-state index in [1.807, 2.05) is 66.3 Å². The van der Waals surface area contributed by atoms with Crippen LogP contribution in [0.4, 0.5) is 0 Å². The number of benzene rings is 1. The monoisotopic (exact) mass is 458 g/mol. The molecule has 168 valence electrons. The van der Waals surface area contributed by atoms with Gasteiger partial charge in [-0.2, -0.15) is 0 Å². The fraction of sp³-hybridized carbons (Fsp3) is 0.296. The summed E-state index contributed by atoms with van der Waals surface area (Å²) in [7, 11) is 0. The topological polar surface area (TPSA) is 72.2 Å². The van der Waals surface area contributed by atoms with E-state index in [1.54, 1.807) is 20.8 Å². The highest BCUT2D eigenvalue weighted by molar-refractivity contribution is 7.21. The molecule has 6 heteroatoms. The summed E-state index contributed by atoms with van der Waals surface area (Å²) >= 11 is 1.39. The van der Waals surface area contributed by atoms with Crippen molar-refractivity contribution in [3.8, 4) is 5.69 Å². The zero-order valence-corrected chi connectivity index (χ0v) is 19.9. The molecule has 0 saturated heterocycles. The van der Waals surface area contributed by atoms with Gasteiger partial charge in [-0.15, -0.1) is 11.3 Å². The maximum atomic E-state index is 12.9. The van der Waals surface area contributed by atoms with Crippen molar-refractivity contribution >= 4 is 33.1 Å². The van der Waals surface area contributed by atoms with E-state index in [4.69, 9.17) is 4.98 Å². The van der Waals surface area contributed by atoms with Gasteiger partial charge in [-0.25, -0.2) is 4.98 Å². The fourth-order valence-corrected chi connectivity index (χ4v) is 6.72. The number of pyridine rings is 1. The Kier molecular flexibility index (Phi) is 5.10. The molecule has 0 spiro atoms. The number of carbonyl (C=O) groups is 2. The van der Waals surface area contributed by atoms with Crippen molar-refractivity contribution in [3.63, 3.8) is 0 Å². The van der Waals surface area contributed by atoms with E-state index < -0.39 is 11.5 Å². The van der Waals surface area contributed by atoms with Crippen molar-refractivity contribution in [3.05, 3.63) is 82.1 Å². The molecule has 0 saturated carbocycles. The van der Waals surface area contributed by atoms with Gasteiger partial charge in [-0.05, 0) is 49.6 Å². The molecule has 33 heavy (non-hydrogen) atoms. The van der Waals surface area contributed by atoms with Crippen LogP contribution in [0.15, 0.2) is 54.9 Å². The number of rotatable bonds is 4. The summed E-state index contributed by atoms with van der Waals surface area (Å²) in [4.78, 5) is 31.9. The van der Waals surface area contributed by atoms with E-state index >= 15 is 0 Å². The number of thiophene rings is 1. The molecule has 0 radical (unpaired) electrons. The minimum absolute atomic E-state index is 0.0168. The summed E-state index contributed by atoms with van der Waals surface area (Å²) in [6, 6.07) is 13.7. The van der Waals surface area contributed by atoms with E-state index in [0.717, 1.165) is 38.3 Å². The van der Waals surface area contributed by atoms with Crippen LogP contribution in [0.1, 0.15) is 58.7 Å². The third-order valence-corrected chi connectivity index (χ3v) is 7.95. The van der Waals surface area contributed by atoms with Gasteiger partial charge in [0.2, 0.25) is 0 Å². The van der Waals surface area contributed by atoms with Gasteiger partial charge in [-0.1, -0.05) is 30.3 Å².